The fourth-order valence-electron chi connectivity index (χ4n) is 5.43. The normalized spacial score (nSPS) is 15.9. The molecule has 1 N–H and O–H groups in total. The van der Waals surface area contributed by atoms with Crippen molar-refractivity contribution in [3.8, 4) is 0 Å². The number of imidazole rings is 1. The Morgan fingerprint density at radius 3 is 2.03 bits per heavy atom. The van der Waals surface area contributed by atoms with E-state index < -0.39 is 6.10 Å². The highest BCUT2D eigenvalue weighted by Crippen LogP contribution is 2.29. The van der Waals surface area contributed by atoms with E-state index in [4.69, 9.17) is 0 Å². The van der Waals surface area contributed by atoms with Gasteiger partial charge in [0.1, 0.15) is 6.33 Å². The first-order valence-corrected chi connectivity index (χ1v) is 13.3. The maximum absolute atomic E-state index is 11.0. The summed E-state index contributed by atoms with van der Waals surface area (Å²) in [5.74, 6) is 0.853. The first-order chi connectivity index (χ1) is 18.2. The fourth-order valence-corrected chi connectivity index (χ4v) is 5.43. The number of nitrogens with zero attached hydrogens (tertiary/aromatic N) is 7. The molecule has 4 aromatic rings. The number of fused-ring (bicyclic) bond motifs is 1. The first kappa shape index (κ1) is 25.3. The fraction of sp³-hybridized carbons (Fsp3) is 0.414. The van der Waals surface area contributed by atoms with Crippen LogP contribution in [-0.2, 0) is 6.54 Å². The average molecular weight is 500 g/mol. The van der Waals surface area contributed by atoms with E-state index in [0.29, 0.717) is 13.1 Å². The van der Waals surface area contributed by atoms with E-state index in [-0.39, 0.29) is 6.04 Å². The van der Waals surface area contributed by atoms with Gasteiger partial charge < -0.3 is 14.6 Å². The van der Waals surface area contributed by atoms with Gasteiger partial charge in [-0.15, -0.1) is 0 Å². The second-order valence-corrected chi connectivity index (χ2v) is 9.65. The van der Waals surface area contributed by atoms with Crippen molar-refractivity contribution < 1.29 is 5.11 Å². The van der Waals surface area contributed by atoms with Gasteiger partial charge in [0.25, 0.3) is 0 Å². The van der Waals surface area contributed by atoms with Gasteiger partial charge in [-0.25, -0.2) is 15.0 Å². The highest BCUT2D eigenvalue weighted by molar-refractivity contribution is 5.83. The number of benzene rings is 2. The number of hydrogen-bond acceptors (Lipinski definition) is 7. The maximum Gasteiger partial charge on any atom is 0.165 e. The number of aliphatic hydroxyl groups is 1. The van der Waals surface area contributed by atoms with Crippen LogP contribution < -0.4 is 4.90 Å². The number of aromatic nitrogens is 4. The molecule has 0 spiro atoms. The van der Waals surface area contributed by atoms with Gasteiger partial charge in [-0.2, -0.15) is 0 Å². The van der Waals surface area contributed by atoms with Crippen LogP contribution in [0.25, 0.3) is 11.2 Å². The lowest BCUT2D eigenvalue weighted by Gasteiger charge is -2.40. The first-order valence-electron chi connectivity index (χ1n) is 13.3. The van der Waals surface area contributed by atoms with E-state index in [9.17, 15) is 5.11 Å². The Morgan fingerprint density at radius 2 is 1.43 bits per heavy atom. The average Bonchev–Trinajstić information content (AvgIpc) is 3.35. The Bertz CT molecular complexity index is 1210. The molecule has 0 bridgehead atoms. The van der Waals surface area contributed by atoms with Gasteiger partial charge in [-0.3, -0.25) is 9.80 Å². The Kier molecular flexibility index (Phi) is 8.08. The van der Waals surface area contributed by atoms with Gasteiger partial charge in [-0.1, -0.05) is 60.7 Å². The molecule has 5 rings (SSSR count). The summed E-state index contributed by atoms with van der Waals surface area (Å²) in [6.45, 7) is 10.8. The van der Waals surface area contributed by atoms with Crippen LogP contribution in [0.3, 0.4) is 0 Å². The summed E-state index contributed by atoms with van der Waals surface area (Å²) in [7, 11) is 0. The summed E-state index contributed by atoms with van der Waals surface area (Å²) in [4.78, 5) is 20.6. The largest absolute Gasteiger partial charge is 0.390 e. The van der Waals surface area contributed by atoms with Gasteiger partial charge in [0.05, 0.1) is 25.0 Å². The second kappa shape index (κ2) is 11.8. The highest BCUT2D eigenvalue weighted by atomic mass is 16.3. The third kappa shape index (κ3) is 5.66. The predicted octanol–water partition coefficient (Wildman–Crippen LogP) is 3.44. The summed E-state index contributed by atoms with van der Waals surface area (Å²) < 4.78 is 1.95. The minimum Gasteiger partial charge on any atom is -0.390 e. The molecule has 2 aromatic heterocycles. The van der Waals surface area contributed by atoms with Crippen LogP contribution in [-0.4, -0.2) is 86.3 Å². The van der Waals surface area contributed by atoms with Crippen LogP contribution in [0.15, 0.2) is 73.3 Å². The lowest BCUT2D eigenvalue weighted by Crippen LogP contribution is -2.50. The van der Waals surface area contributed by atoms with Crippen LogP contribution >= 0.6 is 0 Å². The number of β-amino-alcohol motifs (C(OH)–C–C–N with tert-alkyl or cyclic N) is 1. The smallest absolute Gasteiger partial charge is 0.165 e. The molecular weight excluding hydrogens is 462 g/mol. The van der Waals surface area contributed by atoms with Gasteiger partial charge in [0.2, 0.25) is 0 Å². The third-order valence-corrected chi connectivity index (χ3v) is 7.32. The number of rotatable bonds is 10. The molecule has 8 nitrogen and oxygen atoms in total. The molecule has 1 atom stereocenters. The van der Waals surface area contributed by atoms with Gasteiger partial charge in [0, 0.05) is 45.8 Å². The summed E-state index contributed by atoms with van der Waals surface area (Å²) >= 11 is 0. The highest BCUT2D eigenvalue weighted by Gasteiger charge is 2.27. The molecular formula is C29H37N7O. The van der Waals surface area contributed by atoms with Crippen molar-refractivity contribution in [1.82, 2.24) is 29.3 Å². The number of anilines is 1. The summed E-state index contributed by atoms with van der Waals surface area (Å²) in [5.41, 5.74) is 4.20. The van der Waals surface area contributed by atoms with Crippen molar-refractivity contribution in [3.05, 3.63) is 84.4 Å². The van der Waals surface area contributed by atoms with Gasteiger partial charge in [0.15, 0.2) is 17.0 Å². The molecule has 1 fully saturated rings. The molecule has 8 heteroatoms. The van der Waals surface area contributed by atoms with E-state index >= 15 is 0 Å². The summed E-state index contributed by atoms with van der Waals surface area (Å²) in [6, 6.07) is 21.7. The molecule has 2 aromatic carbocycles. The van der Waals surface area contributed by atoms with E-state index in [1.807, 2.05) is 4.57 Å². The molecule has 1 aliphatic heterocycles. The monoisotopic (exact) mass is 499 g/mol. The zero-order chi connectivity index (χ0) is 25.6. The van der Waals surface area contributed by atoms with Crippen LogP contribution in [0, 0.1) is 0 Å². The molecule has 3 heterocycles. The van der Waals surface area contributed by atoms with E-state index in [0.717, 1.165) is 56.3 Å². The quantitative estimate of drug-likeness (QED) is 0.358. The Balaban J connectivity index is 1.22. The minimum atomic E-state index is -0.505. The maximum atomic E-state index is 11.0. The zero-order valence-electron chi connectivity index (χ0n) is 21.8. The predicted molar refractivity (Wildman–Crippen MR) is 148 cm³/mol. The molecule has 37 heavy (non-hydrogen) atoms. The molecule has 0 aliphatic carbocycles. The zero-order valence-corrected chi connectivity index (χ0v) is 21.8. The molecule has 1 aliphatic rings. The number of piperazine rings is 1. The molecule has 0 saturated carbocycles. The summed E-state index contributed by atoms with van der Waals surface area (Å²) in [5, 5.41) is 11.0. The van der Waals surface area contributed by atoms with Crippen molar-refractivity contribution >= 4 is 17.0 Å². The van der Waals surface area contributed by atoms with Gasteiger partial charge >= 0.3 is 0 Å². The summed E-state index contributed by atoms with van der Waals surface area (Å²) in [6.07, 6.45) is 2.86. The van der Waals surface area contributed by atoms with E-state index in [2.05, 4.69) is 104 Å². The van der Waals surface area contributed by atoms with Gasteiger partial charge in [-0.05, 0) is 25.0 Å². The van der Waals surface area contributed by atoms with Crippen molar-refractivity contribution in [3.63, 3.8) is 0 Å². The Hall–Kier alpha value is -3.33. The van der Waals surface area contributed by atoms with E-state index in [1.165, 1.54) is 11.1 Å². The molecule has 1 unspecified atom stereocenters. The molecule has 0 amide bonds. The van der Waals surface area contributed by atoms with Crippen molar-refractivity contribution in [2.75, 3.05) is 50.7 Å². The third-order valence-electron chi connectivity index (χ3n) is 7.32. The van der Waals surface area contributed by atoms with Crippen LogP contribution in [0.1, 0.15) is 31.0 Å². The van der Waals surface area contributed by atoms with E-state index in [1.54, 1.807) is 12.7 Å². The van der Waals surface area contributed by atoms with Crippen molar-refractivity contribution in [2.45, 2.75) is 32.5 Å². The Labute approximate surface area is 219 Å². The van der Waals surface area contributed by atoms with Crippen LogP contribution in [0.4, 0.5) is 5.82 Å². The number of aliphatic hydroxyl groups excluding tert-OH is 1. The number of hydrogen-bond donors (Lipinski definition) is 1. The standard InChI is InChI=1S/C29H37N7O/c1-3-34(4-2)28-26-29(31-21-30-28)36(22-32-26)20-25(37)19-33-15-17-35(18-16-33)27(23-11-7-5-8-12-23)24-13-9-6-10-14-24/h5-14,21-22,25,27,37H,3-4,15-20H2,1-2H3. The lowest BCUT2D eigenvalue weighted by atomic mass is 9.96. The van der Waals surface area contributed by atoms with Crippen molar-refractivity contribution in [1.29, 1.82) is 0 Å². The minimum absolute atomic E-state index is 0.242. The Morgan fingerprint density at radius 1 is 0.811 bits per heavy atom. The van der Waals surface area contributed by atoms with Crippen LogP contribution in [0.5, 0.6) is 0 Å². The topological polar surface area (TPSA) is 73.5 Å². The molecule has 194 valence electrons. The lowest BCUT2D eigenvalue weighted by molar-refractivity contribution is 0.0560. The van der Waals surface area contributed by atoms with Crippen molar-refractivity contribution in [2.24, 2.45) is 0 Å². The van der Waals surface area contributed by atoms with Crippen LogP contribution in [0.2, 0.25) is 0 Å². The molecule has 0 radical (unpaired) electrons. The second-order valence-electron chi connectivity index (χ2n) is 9.65. The molecule has 1 saturated heterocycles. The SMILES string of the molecule is CCN(CC)c1ncnc2c1ncn2CC(O)CN1CCN(C(c2ccccc2)c2ccccc2)CC1.